The molecule has 0 bridgehead atoms. The van der Waals surface area contributed by atoms with E-state index < -0.39 is 12.0 Å². The topological polar surface area (TPSA) is 90.9 Å². The molecular formula is C14H18N4O2. The van der Waals surface area contributed by atoms with Crippen molar-refractivity contribution in [2.45, 2.75) is 25.9 Å². The number of benzene rings is 1. The van der Waals surface area contributed by atoms with E-state index in [2.05, 4.69) is 20.5 Å². The summed E-state index contributed by atoms with van der Waals surface area (Å²) in [7, 11) is 0. The average Bonchev–Trinajstić information content (AvgIpc) is 2.95. The Morgan fingerprint density at radius 3 is 2.65 bits per heavy atom. The van der Waals surface area contributed by atoms with E-state index in [0.717, 1.165) is 5.56 Å². The minimum atomic E-state index is -0.747. The second kappa shape index (κ2) is 6.29. The maximum absolute atomic E-state index is 11.8. The third-order valence-corrected chi connectivity index (χ3v) is 2.89. The highest BCUT2D eigenvalue weighted by Gasteiger charge is 2.15. The molecule has 1 atom stereocenters. The van der Waals surface area contributed by atoms with Gasteiger partial charge in [0.2, 0.25) is 5.82 Å². The quantitative estimate of drug-likeness (QED) is 0.768. The number of hydrogen-bond acceptors (Lipinski definition) is 4. The molecule has 0 saturated heterocycles. The largest absolute Gasteiger partial charge is 0.387 e. The first kappa shape index (κ1) is 14.2. The standard InChI is InChI=1S/C14H18N4O2/c1-9(2)12-16-13(18-17-12)14(20)15-8-11(19)10-6-4-3-5-7-10/h3-7,9,11,19H,8H2,1-2H3,(H,15,20)(H,16,17,18). The van der Waals surface area contributed by atoms with Gasteiger partial charge in [0.15, 0.2) is 0 Å². The van der Waals surface area contributed by atoms with E-state index in [4.69, 9.17) is 0 Å². The Morgan fingerprint density at radius 2 is 2.05 bits per heavy atom. The Bertz CT molecular complexity index is 566. The minimum absolute atomic E-state index is 0.0916. The lowest BCUT2D eigenvalue weighted by Crippen LogP contribution is -2.29. The van der Waals surface area contributed by atoms with Gasteiger partial charge in [-0.05, 0) is 5.56 Å². The van der Waals surface area contributed by atoms with E-state index >= 15 is 0 Å². The van der Waals surface area contributed by atoms with Gasteiger partial charge in [0.1, 0.15) is 5.82 Å². The highest BCUT2D eigenvalue weighted by Crippen LogP contribution is 2.11. The molecule has 0 radical (unpaired) electrons. The lowest BCUT2D eigenvalue weighted by atomic mass is 10.1. The molecule has 6 nitrogen and oxygen atoms in total. The summed E-state index contributed by atoms with van der Waals surface area (Å²) in [6.07, 6.45) is -0.747. The summed E-state index contributed by atoms with van der Waals surface area (Å²) < 4.78 is 0. The van der Waals surface area contributed by atoms with Gasteiger partial charge in [-0.15, -0.1) is 5.10 Å². The van der Waals surface area contributed by atoms with Crippen molar-refractivity contribution in [1.82, 2.24) is 20.5 Å². The molecule has 6 heteroatoms. The van der Waals surface area contributed by atoms with Gasteiger partial charge in [-0.2, -0.15) is 0 Å². The zero-order chi connectivity index (χ0) is 14.5. The predicted molar refractivity (Wildman–Crippen MR) is 74.2 cm³/mol. The number of aromatic amines is 1. The third-order valence-electron chi connectivity index (χ3n) is 2.89. The maximum atomic E-state index is 11.8. The molecule has 2 rings (SSSR count). The molecular weight excluding hydrogens is 256 g/mol. The lowest BCUT2D eigenvalue weighted by Gasteiger charge is -2.11. The second-order valence-electron chi connectivity index (χ2n) is 4.84. The number of aliphatic hydroxyl groups is 1. The van der Waals surface area contributed by atoms with Gasteiger partial charge in [0.25, 0.3) is 5.91 Å². The van der Waals surface area contributed by atoms with Gasteiger partial charge >= 0.3 is 0 Å². The van der Waals surface area contributed by atoms with Crippen LogP contribution in [0.3, 0.4) is 0 Å². The number of nitrogens with zero attached hydrogens (tertiary/aromatic N) is 2. The van der Waals surface area contributed by atoms with Gasteiger partial charge in [-0.25, -0.2) is 4.98 Å². The fraction of sp³-hybridized carbons (Fsp3) is 0.357. The Labute approximate surface area is 117 Å². The number of hydrogen-bond donors (Lipinski definition) is 3. The van der Waals surface area contributed by atoms with Crippen molar-refractivity contribution in [3.63, 3.8) is 0 Å². The van der Waals surface area contributed by atoms with Crippen LogP contribution in [-0.4, -0.2) is 32.7 Å². The molecule has 20 heavy (non-hydrogen) atoms. The Balaban J connectivity index is 1.91. The van der Waals surface area contributed by atoms with Gasteiger partial charge in [-0.1, -0.05) is 44.2 Å². The molecule has 1 aromatic heterocycles. The van der Waals surface area contributed by atoms with Crippen LogP contribution in [0.2, 0.25) is 0 Å². The number of aliphatic hydroxyl groups excluding tert-OH is 1. The molecule has 1 unspecified atom stereocenters. The van der Waals surface area contributed by atoms with Crippen molar-refractivity contribution >= 4 is 5.91 Å². The third kappa shape index (κ3) is 3.42. The number of amides is 1. The van der Waals surface area contributed by atoms with Gasteiger partial charge in [-0.3, -0.25) is 9.89 Å². The molecule has 0 spiro atoms. The summed E-state index contributed by atoms with van der Waals surface area (Å²) in [6.45, 7) is 4.04. The van der Waals surface area contributed by atoms with Crippen LogP contribution in [0.4, 0.5) is 0 Å². The first-order valence-corrected chi connectivity index (χ1v) is 6.51. The monoisotopic (exact) mass is 274 g/mol. The number of rotatable bonds is 5. The molecule has 0 saturated carbocycles. The number of carbonyl (C=O) groups is 1. The summed E-state index contributed by atoms with van der Waals surface area (Å²) in [6, 6.07) is 9.16. The van der Waals surface area contributed by atoms with Crippen LogP contribution in [0, 0.1) is 0 Å². The summed E-state index contributed by atoms with van der Waals surface area (Å²) in [5, 5.41) is 19.1. The van der Waals surface area contributed by atoms with E-state index in [1.165, 1.54) is 0 Å². The summed E-state index contributed by atoms with van der Waals surface area (Å²) in [4.78, 5) is 15.9. The summed E-state index contributed by atoms with van der Waals surface area (Å²) in [5.74, 6) is 0.537. The molecule has 1 heterocycles. The number of H-pyrrole nitrogens is 1. The van der Waals surface area contributed by atoms with Crippen LogP contribution in [0.15, 0.2) is 30.3 Å². The number of nitrogens with one attached hydrogen (secondary N) is 2. The van der Waals surface area contributed by atoms with Crippen LogP contribution in [-0.2, 0) is 0 Å². The minimum Gasteiger partial charge on any atom is -0.387 e. The lowest BCUT2D eigenvalue weighted by molar-refractivity contribution is 0.0906. The zero-order valence-electron chi connectivity index (χ0n) is 11.5. The van der Waals surface area contributed by atoms with Crippen molar-refractivity contribution in [3.8, 4) is 0 Å². The Morgan fingerprint density at radius 1 is 1.35 bits per heavy atom. The van der Waals surface area contributed by atoms with Crippen LogP contribution < -0.4 is 5.32 Å². The fourth-order valence-corrected chi connectivity index (χ4v) is 1.70. The average molecular weight is 274 g/mol. The van der Waals surface area contributed by atoms with Gasteiger partial charge in [0, 0.05) is 12.5 Å². The van der Waals surface area contributed by atoms with Crippen LogP contribution in [0.25, 0.3) is 0 Å². The van der Waals surface area contributed by atoms with Crippen LogP contribution in [0.5, 0.6) is 0 Å². The first-order chi connectivity index (χ1) is 9.58. The van der Waals surface area contributed by atoms with Crippen LogP contribution in [0.1, 0.15) is 47.9 Å². The van der Waals surface area contributed by atoms with Crippen molar-refractivity contribution in [3.05, 3.63) is 47.5 Å². The van der Waals surface area contributed by atoms with E-state index in [1.54, 1.807) is 12.1 Å². The fourth-order valence-electron chi connectivity index (χ4n) is 1.70. The van der Waals surface area contributed by atoms with Crippen molar-refractivity contribution in [1.29, 1.82) is 0 Å². The molecule has 3 N–H and O–H groups in total. The normalized spacial score (nSPS) is 12.4. The van der Waals surface area contributed by atoms with E-state index in [9.17, 15) is 9.90 Å². The van der Waals surface area contributed by atoms with E-state index in [-0.39, 0.29) is 18.3 Å². The highest BCUT2D eigenvalue weighted by molar-refractivity contribution is 5.90. The van der Waals surface area contributed by atoms with E-state index in [1.807, 2.05) is 32.0 Å². The molecule has 0 fully saturated rings. The molecule has 0 aliphatic heterocycles. The smallest absolute Gasteiger partial charge is 0.291 e. The first-order valence-electron chi connectivity index (χ1n) is 6.51. The SMILES string of the molecule is CC(C)c1nc(C(=O)NCC(O)c2ccccc2)n[nH]1. The molecule has 1 amide bonds. The van der Waals surface area contributed by atoms with Crippen molar-refractivity contribution in [2.24, 2.45) is 0 Å². The highest BCUT2D eigenvalue weighted by atomic mass is 16.3. The number of aromatic nitrogens is 3. The maximum Gasteiger partial charge on any atom is 0.291 e. The Kier molecular flexibility index (Phi) is 4.47. The molecule has 1 aromatic carbocycles. The second-order valence-corrected chi connectivity index (χ2v) is 4.84. The van der Waals surface area contributed by atoms with Crippen molar-refractivity contribution < 1.29 is 9.90 Å². The molecule has 0 aliphatic rings. The van der Waals surface area contributed by atoms with E-state index in [0.29, 0.717) is 5.82 Å². The van der Waals surface area contributed by atoms with Crippen molar-refractivity contribution in [2.75, 3.05) is 6.54 Å². The zero-order valence-corrected chi connectivity index (χ0v) is 11.5. The molecule has 106 valence electrons. The summed E-state index contributed by atoms with van der Waals surface area (Å²) in [5.41, 5.74) is 0.755. The summed E-state index contributed by atoms with van der Waals surface area (Å²) >= 11 is 0. The Hall–Kier alpha value is -2.21. The van der Waals surface area contributed by atoms with Crippen LogP contribution >= 0.6 is 0 Å². The number of carbonyl (C=O) groups excluding carboxylic acids is 1. The molecule has 0 aliphatic carbocycles. The van der Waals surface area contributed by atoms with Gasteiger partial charge < -0.3 is 10.4 Å². The molecule has 2 aromatic rings. The van der Waals surface area contributed by atoms with Gasteiger partial charge in [0.05, 0.1) is 6.10 Å². The predicted octanol–water partition coefficient (Wildman–Crippen LogP) is 1.39.